The molecule has 0 saturated carbocycles. The lowest BCUT2D eigenvalue weighted by Gasteiger charge is -2.42. The molecule has 0 fully saturated rings. The number of hydrogen-bond donors (Lipinski definition) is 3. The summed E-state index contributed by atoms with van der Waals surface area (Å²) in [5.41, 5.74) is 2.58. The summed E-state index contributed by atoms with van der Waals surface area (Å²) in [5.74, 6) is -0.410. The zero-order valence-corrected chi connectivity index (χ0v) is 24.8. The molecule has 0 radical (unpaired) electrons. The van der Waals surface area contributed by atoms with Crippen LogP contribution in [0.15, 0.2) is 58.5 Å². The Morgan fingerprint density at radius 2 is 1.76 bits per heavy atom. The number of ether oxygens (including phenoxy) is 1. The minimum Gasteiger partial charge on any atom is -0.478 e. The van der Waals surface area contributed by atoms with E-state index in [9.17, 15) is 13.9 Å². The smallest absolute Gasteiger partial charge is 0.331 e. The summed E-state index contributed by atoms with van der Waals surface area (Å²) >= 11 is 1.47. The van der Waals surface area contributed by atoms with E-state index < -0.39 is 16.6 Å². The fourth-order valence-corrected chi connectivity index (χ4v) is 7.81. The first-order valence-electron chi connectivity index (χ1n) is 13.1. The van der Waals surface area contributed by atoms with Gasteiger partial charge in [0.1, 0.15) is 5.75 Å². The van der Waals surface area contributed by atoms with E-state index in [4.69, 9.17) is 9.84 Å². The van der Waals surface area contributed by atoms with Gasteiger partial charge in [0.25, 0.3) is 0 Å². The number of hydrogen-bond acceptors (Lipinski definition) is 7. The molecule has 210 valence electrons. The highest BCUT2D eigenvalue weighted by Crippen LogP contribution is 2.62. The number of nitrogens with zero attached hydrogens (tertiary/aromatic N) is 2. The van der Waals surface area contributed by atoms with Crippen LogP contribution in [0, 0.1) is 5.41 Å². The molecule has 2 aromatic carbocycles. The van der Waals surface area contributed by atoms with Crippen molar-refractivity contribution < 1.29 is 23.7 Å². The molecule has 3 rings (SSSR count). The largest absolute Gasteiger partial charge is 0.478 e. The molecule has 1 aliphatic heterocycles. The van der Waals surface area contributed by atoms with Crippen molar-refractivity contribution >= 4 is 45.4 Å². The number of anilines is 3. The van der Waals surface area contributed by atoms with Crippen molar-refractivity contribution in [3.8, 4) is 5.75 Å². The molecule has 0 saturated heterocycles. The third-order valence-corrected chi connectivity index (χ3v) is 9.90. The minimum absolute atomic E-state index is 0.270. The SMILES string of the molecule is CCCCC1(CCCC)CN(c2ccc(N(C)C)cc2)c2cc(SC)c(O/C=C/C(=O)O)cc2S(O)(O)C1. The van der Waals surface area contributed by atoms with E-state index in [0.717, 1.165) is 72.8 Å². The first-order valence-corrected chi connectivity index (χ1v) is 16.1. The lowest BCUT2D eigenvalue weighted by Crippen LogP contribution is -2.37. The van der Waals surface area contributed by atoms with Crippen LogP contribution < -0.4 is 14.5 Å². The van der Waals surface area contributed by atoms with Crippen LogP contribution in [0.25, 0.3) is 0 Å². The standard InChI is InChI=1S/C29H42N2O5S2/c1-6-8-15-29(16-9-7-2)20-31(23-12-10-22(11-13-23)30(3)4)24-18-26(37-5)25(36-17-14-28(32)33)19-27(24)38(34,35)21-29/h10-14,17-19,34-35H,6-9,15-16,20-21H2,1-5H3,(H,32,33)/b17-14+. The van der Waals surface area contributed by atoms with Gasteiger partial charge in [-0.05, 0) is 49.4 Å². The van der Waals surface area contributed by atoms with E-state index in [1.54, 1.807) is 6.07 Å². The number of benzene rings is 2. The Morgan fingerprint density at radius 3 is 2.29 bits per heavy atom. The molecule has 38 heavy (non-hydrogen) atoms. The van der Waals surface area contributed by atoms with Gasteiger partial charge in [-0.3, -0.25) is 9.11 Å². The Hall–Kier alpha value is -2.33. The van der Waals surface area contributed by atoms with Gasteiger partial charge < -0.3 is 19.6 Å². The Kier molecular flexibility index (Phi) is 10.5. The summed E-state index contributed by atoms with van der Waals surface area (Å²) < 4.78 is 29.2. The zero-order valence-electron chi connectivity index (χ0n) is 23.1. The van der Waals surface area contributed by atoms with E-state index in [-0.39, 0.29) is 5.41 Å². The fraction of sp³-hybridized carbons (Fsp3) is 0.483. The van der Waals surface area contributed by atoms with E-state index in [1.807, 2.05) is 26.4 Å². The lowest BCUT2D eigenvalue weighted by molar-refractivity contribution is -0.131. The molecule has 0 aliphatic carbocycles. The Morgan fingerprint density at radius 1 is 1.13 bits per heavy atom. The van der Waals surface area contributed by atoms with Gasteiger partial charge in [0.2, 0.25) is 0 Å². The van der Waals surface area contributed by atoms with Gasteiger partial charge in [0.05, 0.1) is 27.8 Å². The lowest BCUT2D eigenvalue weighted by atomic mass is 9.79. The number of carboxylic acid groups (broad SMARTS) is 1. The van der Waals surface area contributed by atoms with Crippen LogP contribution in [0.4, 0.5) is 17.1 Å². The second-order valence-corrected chi connectivity index (χ2v) is 13.2. The number of carbonyl (C=O) groups is 1. The fourth-order valence-electron chi connectivity index (χ4n) is 5.08. The monoisotopic (exact) mass is 562 g/mol. The number of carboxylic acids is 1. The maximum Gasteiger partial charge on any atom is 0.331 e. The van der Waals surface area contributed by atoms with Crippen molar-refractivity contribution in [3.05, 3.63) is 48.7 Å². The molecule has 0 bridgehead atoms. The van der Waals surface area contributed by atoms with Gasteiger partial charge in [0, 0.05) is 49.2 Å². The topological polar surface area (TPSA) is 93.5 Å². The van der Waals surface area contributed by atoms with Crippen molar-refractivity contribution in [2.24, 2.45) is 5.41 Å². The van der Waals surface area contributed by atoms with Gasteiger partial charge in [0.15, 0.2) is 0 Å². The normalized spacial score (nSPS) is 17.1. The first-order chi connectivity index (χ1) is 18.1. The van der Waals surface area contributed by atoms with E-state index in [1.165, 1.54) is 11.8 Å². The molecular weight excluding hydrogens is 520 g/mol. The molecule has 1 heterocycles. The highest BCUT2D eigenvalue weighted by atomic mass is 32.3. The van der Waals surface area contributed by atoms with Crippen molar-refractivity contribution in [2.75, 3.05) is 42.4 Å². The number of unbranched alkanes of at least 4 members (excludes halogenated alkanes) is 2. The van der Waals surface area contributed by atoms with Crippen LogP contribution in [0.3, 0.4) is 0 Å². The average Bonchev–Trinajstić information content (AvgIpc) is 2.97. The van der Waals surface area contributed by atoms with Gasteiger partial charge in [-0.2, -0.15) is 10.6 Å². The first kappa shape index (κ1) is 30.2. The van der Waals surface area contributed by atoms with E-state index in [0.29, 0.717) is 22.9 Å². The summed E-state index contributed by atoms with van der Waals surface area (Å²) in [5, 5.41) is 8.99. The average molecular weight is 563 g/mol. The van der Waals surface area contributed by atoms with Crippen LogP contribution >= 0.6 is 22.4 Å². The molecule has 2 aromatic rings. The van der Waals surface area contributed by atoms with Crippen LogP contribution in [-0.4, -0.2) is 52.8 Å². The minimum atomic E-state index is -3.18. The van der Waals surface area contributed by atoms with Crippen molar-refractivity contribution in [2.45, 2.75) is 62.2 Å². The summed E-state index contributed by atoms with van der Waals surface area (Å²) in [6.45, 7) is 5.03. The Balaban J connectivity index is 2.23. The maximum atomic E-state index is 11.8. The summed E-state index contributed by atoms with van der Waals surface area (Å²) in [6.07, 6.45) is 9.93. The zero-order chi connectivity index (χ0) is 27.9. The van der Waals surface area contributed by atoms with Gasteiger partial charge in [-0.1, -0.05) is 39.5 Å². The van der Waals surface area contributed by atoms with Crippen LogP contribution in [0.5, 0.6) is 5.75 Å². The second-order valence-electron chi connectivity index (χ2n) is 10.2. The summed E-state index contributed by atoms with van der Waals surface area (Å²) in [7, 11) is 0.844. The predicted molar refractivity (Wildman–Crippen MR) is 161 cm³/mol. The van der Waals surface area contributed by atoms with Crippen molar-refractivity contribution in [1.82, 2.24) is 0 Å². The third-order valence-electron chi connectivity index (χ3n) is 7.09. The molecule has 9 heteroatoms. The van der Waals surface area contributed by atoms with E-state index in [2.05, 4.69) is 47.9 Å². The quantitative estimate of drug-likeness (QED) is 0.136. The van der Waals surface area contributed by atoms with Gasteiger partial charge in [-0.25, -0.2) is 4.79 Å². The Labute approximate surface area is 233 Å². The molecular formula is C29H42N2O5S2. The highest BCUT2D eigenvalue weighted by molar-refractivity contribution is 8.24. The molecule has 0 atom stereocenters. The molecule has 0 spiro atoms. The number of fused-ring (bicyclic) bond motifs is 1. The number of thioether (sulfide) groups is 1. The number of rotatable bonds is 12. The maximum absolute atomic E-state index is 11.8. The molecule has 0 unspecified atom stereocenters. The Bertz CT molecular complexity index is 1110. The van der Waals surface area contributed by atoms with Gasteiger partial charge in [-0.15, -0.1) is 11.8 Å². The van der Waals surface area contributed by atoms with Crippen LogP contribution in [0.2, 0.25) is 0 Å². The third kappa shape index (κ3) is 7.20. The molecule has 0 aromatic heterocycles. The van der Waals surface area contributed by atoms with Crippen molar-refractivity contribution in [3.63, 3.8) is 0 Å². The van der Waals surface area contributed by atoms with Crippen molar-refractivity contribution in [1.29, 1.82) is 0 Å². The summed E-state index contributed by atoms with van der Waals surface area (Å²) in [4.78, 5) is 16.5. The molecule has 3 N–H and O–H groups in total. The second kappa shape index (κ2) is 13.2. The van der Waals surface area contributed by atoms with Gasteiger partial charge >= 0.3 is 5.97 Å². The van der Waals surface area contributed by atoms with E-state index >= 15 is 0 Å². The summed E-state index contributed by atoms with van der Waals surface area (Å²) in [6, 6.07) is 12.0. The predicted octanol–water partition coefficient (Wildman–Crippen LogP) is 8.08. The molecule has 7 nitrogen and oxygen atoms in total. The molecule has 0 amide bonds. The van der Waals surface area contributed by atoms with Crippen LogP contribution in [0.1, 0.15) is 52.4 Å². The highest BCUT2D eigenvalue weighted by Gasteiger charge is 2.42. The van der Waals surface area contributed by atoms with Crippen LogP contribution in [-0.2, 0) is 4.79 Å². The number of aliphatic carboxylic acids is 1. The molecule has 1 aliphatic rings.